The molecule has 0 rings (SSSR count). The summed E-state index contributed by atoms with van der Waals surface area (Å²) in [5.41, 5.74) is 0. The van der Waals surface area contributed by atoms with Crippen LogP contribution in [-0.2, 0) is 28.2 Å². The van der Waals surface area contributed by atoms with Crippen LogP contribution in [0, 0.1) is 11.8 Å². The zero-order chi connectivity index (χ0) is 31.5. The largest absolute Gasteiger partial charge is 0.469 e. The molecule has 0 bridgehead atoms. The summed E-state index contributed by atoms with van der Waals surface area (Å²) in [6.07, 6.45) is 22.7. The van der Waals surface area contributed by atoms with Gasteiger partial charge in [0.15, 0.2) is 6.10 Å². The molecule has 2 N–H and O–H groups in total. The smallest absolute Gasteiger partial charge is 0.462 e. The molecule has 0 aromatic heterocycles. The third-order valence-corrected chi connectivity index (χ3v) is 7.97. The zero-order valence-electron chi connectivity index (χ0n) is 27.5. The first kappa shape index (κ1) is 41.0. The molecular weight excluding hydrogens is 555 g/mol. The van der Waals surface area contributed by atoms with Crippen LogP contribution in [0.2, 0.25) is 0 Å². The van der Waals surface area contributed by atoms with Crippen LogP contribution in [0.5, 0.6) is 0 Å². The van der Waals surface area contributed by atoms with E-state index in [0.717, 1.165) is 50.4 Å². The number of ether oxygens (including phenoxy) is 2. The lowest BCUT2D eigenvalue weighted by molar-refractivity contribution is -0.161. The van der Waals surface area contributed by atoms with Gasteiger partial charge in [-0.25, -0.2) is 4.57 Å². The van der Waals surface area contributed by atoms with Crippen molar-refractivity contribution in [3.63, 3.8) is 0 Å². The van der Waals surface area contributed by atoms with Crippen LogP contribution in [0.1, 0.15) is 169 Å². The summed E-state index contributed by atoms with van der Waals surface area (Å²) < 4.78 is 26.2. The van der Waals surface area contributed by atoms with Gasteiger partial charge >= 0.3 is 19.8 Å². The predicted octanol–water partition coefficient (Wildman–Crippen LogP) is 9.44. The van der Waals surface area contributed by atoms with Gasteiger partial charge in [0.1, 0.15) is 6.61 Å². The van der Waals surface area contributed by atoms with Gasteiger partial charge in [0.05, 0.1) is 6.61 Å². The van der Waals surface area contributed by atoms with Gasteiger partial charge in [-0.05, 0) is 24.7 Å². The van der Waals surface area contributed by atoms with Crippen LogP contribution < -0.4 is 0 Å². The molecule has 0 aromatic rings. The molecule has 42 heavy (non-hydrogen) atoms. The van der Waals surface area contributed by atoms with E-state index in [0.29, 0.717) is 6.42 Å². The molecule has 0 amide bonds. The molecule has 0 aliphatic carbocycles. The van der Waals surface area contributed by atoms with E-state index in [1.54, 1.807) is 0 Å². The van der Waals surface area contributed by atoms with E-state index in [4.69, 9.17) is 19.3 Å². The summed E-state index contributed by atoms with van der Waals surface area (Å²) in [7, 11) is -4.74. The SMILES string of the molecule is CC(C)CCCCCCCCCCCCC(=O)O[C@H](COC(=O)CCCCCCCCCCC(C)C)COP(=O)(O)O. The number of unbranched alkanes of at least 4 members (excludes halogenated alkanes) is 16. The van der Waals surface area contributed by atoms with Gasteiger partial charge < -0.3 is 19.3 Å². The normalized spacial score (nSPS) is 12.7. The first-order valence-electron chi connectivity index (χ1n) is 17.0. The highest BCUT2D eigenvalue weighted by atomic mass is 31.2. The Balaban J connectivity index is 4.00. The molecule has 0 aliphatic heterocycles. The van der Waals surface area contributed by atoms with E-state index in [9.17, 15) is 14.2 Å². The molecular formula is C33H65O8P. The predicted molar refractivity (Wildman–Crippen MR) is 170 cm³/mol. The van der Waals surface area contributed by atoms with Crippen LogP contribution in [0.3, 0.4) is 0 Å². The topological polar surface area (TPSA) is 119 Å². The lowest BCUT2D eigenvalue weighted by Crippen LogP contribution is -2.29. The Labute approximate surface area is 257 Å². The average Bonchev–Trinajstić information content (AvgIpc) is 2.91. The third kappa shape index (κ3) is 32.0. The molecule has 0 spiro atoms. The molecule has 0 aliphatic rings. The van der Waals surface area contributed by atoms with Crippen molar-refractivity contribution in [2.45, 2.75) is 175 Å². The molecule has 0 saturated heterocycles. The summed E-state index contributed by atoms with van der Waals surface area (Å²) in [5.74, 6) is 0.693. The highest BCUT2D eigenvalue weighted by molar-refractivity contribution is 7.46. The Morgan fingerprint density at radius 3 is 1.29 bits per heavy atom. The van der Waals surface area contributed by atoms with Crippen molar-refractivity contribution < 1.29 is 37.9 Å². The minimum Gasteiger partial charge on any atom is -0.462 e. The lowest BCUT2D eigenvalue weighted by atomic mass is 10.0. The molecule has 0 heterocycles. The third-order valence-electron chi connectivity index (χ3n) is 7.48. The van der Waals surface area contributed by atoms with Crippen molar-refractivity contribution in [1.82, 2.24) is 0 Å². The first-order valence-corrected chi connectivity index (χ1v) is 18.6. The van der Waals surface area contributed by atoms with Gasteiger partial charge in [0.2, 0.25) is 0 Å². The van der Waals surface area contributed by atoms with E-state index in [1.807, 2.05) is 0 Å². The van der Waals surface area contributed by atoms with Crippen molar-refractivity contribution in [1.29, 1.82) is 0 Å². The quantitative estimate of drug-likeness (QED) is 0.0463. The molecule has 9 heteroatoms. The number of esters is 2. The summed E-state index contributed by atoms with van der Waals surface area (Å²) in [6.45, 7) is 8.26. The highest BCUT2D eigenvalue weighted by Crippen LogP contribution is 2.36. The van der Waals surface area contributed by atoms with E-state index in [2.05, 4.69) is 32.2 Å². The first-order chi connectivity index (χ1) is 20.0. The van der Waals surface area contributed by atoms with E-state index < -0.39 is 32.5 Å². The molecule has 0 fully saturated rings. The van der Waals surface area contributed by atoms with Crippen LogP contribution in [0.15, 0.2) is 0 Å². The molecule has 0 aromatic carbocycles. The molecule has 0 saturated carbocycles. The van der Waals surface area contributed by atoms with Gasteiger partial charge in [-0.1, -0.05) is 143 Å². The Kier molecular flexibility index (Phi) is 27.0. The fourth-order valence-corrected chi connectivity index (χ4v) is 5.28. The monoisotopic (exact) mass is 620 g/mol. The molecule has 0 radical (unpaired) electrons. The molecule has 8 nitrogen and oxygen atoms in total. The second kappa shape index (κ2) is 27.6. The average molecular weight is 621 g/mol. The molecule has 1 atom stereocenters. The fraction of sp³-hybridized carbons (Fsp3) is 0.939. The van der Waals surface area contributed by atoms with Gasteiger partial charge in [0.25, 0.3) is 0 Å². The second-order valence-corrected chi connectivity index (χ2v) is 14.0. The Morgan fingerprint density at radius 1 is 0.548 bits per heavy atom. The van der Waals surface area contributed by atoms with Gasteiger partial charge in [0, 0.05) is 12.8 Å². The molecule has 250 valence electrons. The highest BCUT2D eigenvalue weighted by Gasteiger charge is 2.22. The van der Waals surface area contributed by atoms with Gasteiger partial charge in [-0.3, -0.25) is 14.1 Å². The van der Waals surface area contributed by atoms with Crippen molar-refractivity contribution in [2.75, 3.05) is 13.2 Å². The van der Waals surface area contributed by atoms with Crippen molar-refractivity contribution in [3.8, 4) is 0 Å². The fourth-order valence-electron chi connectivity index (χ4n) is 4.92. The maximum Gasteiger partial charge on any atom is 0.469 e. The lowest BCUT2D eigenvalue weighted by Gasteiger charge is -2.18. The Morgan fingerprint density at radius 2 is 0.905 bits per heavy atom. The summed E-state index contributed by atoms with van der Waals surface area (Å²) in [5, 5.41) is 0. The number of carbonyl (C=O) groups excluding carboxylic acids is 2. The van der Waals surface area contributed by atoms with Gasteiger partial charge in [-0.2, -0.15) is 0 Å². The number of carbonyl (C=O) groups is 2. The Hall–Kier alpha value is -0.950. The van der Waals surface area contributed by atoms with E-state index in [-0.39, 0.29) is 19.4 Å². The summed E-state index contributed by atoms with van der Waals surface area (Å²) in [6, 6.07) is 0. The Bertz CT molecular complexity index is 692. The second-order valence-electron chi connectivity index (χ2n) is 12.8. The van der Waals surface area contributed by atoms with Crippen LogP contribution in [-0.4, -0.2) is 41.0 Å². The minimum atomic E-state index is -4.74. The van der Waals surface area contributed by atoms with Crippen molar-refractivity contribution in [2.24, 2.45) is 11.8 Å². The number of rotatable bonds is 30. The number of phosphoric ester groups is 1. The number of hydrogen-bond acceptors (Lipinski definition) is 6. The number of hydrogen-bond donors (Lipinski definition) is 2. The summed E-state index contributed by atoms with van der Waals surface area (Å²) >= 11 is 0. The van der Waals surface area contributed by atoms with E-state index in [1.165, 1.54) is 83.5 Å². The standard InChI is InChI=1S/C33H65O8P/c1-29(2)23-19-15-11-7-5-6-8-14-18-22-26-33(35)41-31(28-40-42(36,37)38)27-39-32(34)25-21-17-13-10-9-12-16-20-24-30(3)4/h29-31H,5-28H2,1-4H3,(H2,36,37,38)/t31-/m1/s1. The maximum atomic E-state index is 12.3. The van der Waals surface area contributed by atoms with Crippen LogP contribution in [0.25, 0.3) is 0 Å². The maximum absolute atomic E-state index is 12.3. The van der Waals surface area contributed by atoms with Crippen molar-refractivity contribution in [3.05, 3.63) is 0 Å². The van der Waals surface area contributed by atoms with E-state index >= 15 is 0 Å². The van der Waals surface area contributed by atoms with Crippen LogP contribution >= 0.6 is 7.82 Å². The number of phosphoric acid groups is 1. The van der Waals surface area contributed by atoms with Crippen LogP contribution in [0.4, 0.5) is 0 Å². The van der Waals surface area contributed by atoms with Gasteiger partial charge in [-0.15, -0.1) is 0 Å². The minimum absolute atomic E-state index is 0.216. The molecule has 0 unspecified atom stereocenters. The zero-order valence-corrected chi connectivity index (χ0v) is 28.4. The van der Waals surface area contributed by atoms with Crippen molar-refractivity contribution >= 4 is 19.8 Å². The summed E-state index contributed by atoms with van der Waals surface area (Å²) in [4.78, 5) is 42.5.